The first-order valence-electron chi connectivity index (χ1n) is 9.25. The average Bonchev–Trinajstić information content (AvgIpc) is 3.37. The second-order valence-electron chi connectivity index (χ2n) is 7.61. The van der Waals surface area contributed by atoms with Gasteiger partial charge in [-0.3, -0.25) is 4.79 Å². The number of H-pyrrole nitrogens is 1. The van der Waals surface area contributed by atoms with Crippen LogP contribution in [0.2, 0.25) is 0 Å². The molecule has 1 amide bonds. The van der Waals surface area contributed by atoms with Gasteiger partial charge in [-0.05, 0) is 58.0 Å². The first-order chi connectivity index (χ1) is 13.6. The number of carboxylic acid groups (broad SMARTS) is 2. The van der Waals surface area contributed by atoms with Crippen LogP contribution in [0.4, 0.5) is 0 Å². The van der Waals surface area contributed by atoms with Gasteiger partial charge in [0.15, 0.2) is 5.70 Å². The third kappa shape index (κ3) is 4.14. The summed E-state index contributed by atoms with van der Waals surface area (Å²) < 4.78 is 0. The number of rotatable bonds is 7. The number of hydrogen-bond donors (Lipinski definition) is 3. The van der Waals surface area contributed by atoms with Crippen LogP contribution >= 0.6 is 0 Å². The van der Waals surface area contributed by atoms with Crippen molar-refractivity contribution in [3.63, 3.8) is 0 Å². The zero-order valence-corrected chi connectivity index (χ0v) is 16.8. The Bertz CT molecular complexity index is 979. The maximum absolute atomic E-state index is 13.0. The molecule has 9 heteroatoms. The van der Waals surface area contributed by atoms with Crippen LogP contribution in [0.25, 0.3) is 6.08 Å². The van der Waals surface area contributed by atoms with Crippen molar-refractivity contribution in [2.75, 3.05) is 14.1 Å². The lowest BCUT2D eigenvalue weighted by Crippen LogP contribution is -2.27. The fraction of sp³-hybridized carbons (Fsp3) is 0.400. The Morgan fingerprint density at radius 3 is 2.45 bits per heavy atom. The van der Waals surface area contributed by atoms with Gasteiger partial charge < -0.3 is 20.1 Å². The highest BCUT2D eigenvalue weighted by Gasteiger charge is 2.42. The van der Waals surface area contributed by atoms with Gasteiger partial charge in [0.25, 0.3) is 5.91 Å². The van der Waals surface area contributed by atoms with Crippen molar-refractivity contribution in [3.8, 4) is 0 Å². The second-order valence-corrected chi connectivity index (χ2v) is 7.61. The van der Waals surface area contributed by atoms with Crippen LogP contribution in [-0.2, 0) is 20.9 Å². The van der Waals surface area contributed by atoms with Crippen LogP contribution in [0.3, 0.4) is 0 Å². The minimum atomic E-state index is -1.53. The van der Waals surface area contributed by atoms with E-state index >= 15 is 0 Å². The van der Waals surface area contributed by atoms with Crippen molar-refractivity contribution in [3.05, 3.63) is 39.9 Å². The van der Waals surface area contributed by atoms with Gasteiger partial charge in [0.2, 0.25) is 0 Å². The smallest absolute Gasteiger partial charge is 0.354 e. The molecule has 2 aliphatic rings. The van der Waals surface area contributed by atoms with Gasteiger partial charge in [-0.25, -0.2) is 9.59 Å². The maximum Gasteiger partial charge on any atom is 0.354 e. The molecule has 0 unspecified atom stereocenters. The number of nitrogens with zero attached hydrogens (tertiary/aromatic N) is 3. The summed E-state index contributed by atoms with van der Waals surface area (Å²) in [6.45, 7) is 4.67. The standard InChI is InChI=1S/C20H24N4O5/c1-10-14(9-23(3)4)11(2)21-15(10)7-13-18(12-5-6-12)22-24(19(13)27)16(20(28)29)8-17(25)26/h7-8,12,21H,5-6,9H2,1-4H3,(H,25,26)(H,28,29)/b13-7?,16-8+. The molecule has 0 saturated heterocycles. The molecule has 1 aliphatic carbocycles. The molecular weight excluding hydrogens is 376 g/mol. The number of carbonyl (C=O) groups is 3. The monoisotopic (exact) mass is 400 g/mol. The molecule has 0 bridgehead atoms. The Morgan fingerprint density at radius 2 is 1.93 bits per heavy atom. The Morgan fingerprint density at radius 1 is 1.28 bits per heavy atom. The summed E-state index contributed by atoms with van der Waals surface area (Å²) in [6.07, 6.45) is 3.89. The van der Waals surface area contributed by atoms with Crippen LogP contribution in [-0.4, -0.2) is 62.8 Å². The van der Waals surface area contributed by atoms with Crippen LogP contribution in [0.15, 0.2) is 22.4 Å². The van der Waals surface area contributed by atoms with Crippen molar-refractivity contribution in [2.24, 2.45) is 11.0 Å². The molecule has 1 saturated carbocycles. The molecule has 3 N–H and O–H groups in total. The fourth-order valence-electron chi connectivity index (χ4n) is 3.38. The molecule has 154 valence electrons. The lowest BCUT2D eigenvalue weighted by Gasteiger charge is -2.11. The van der Waals surface area contributed by atoms with E-state index in [1.807, 2.05) is 27.9 Å². The quantitative estimate of drug-likeness (QED) is 0.599. The number of aryl methyl sites for hydroxylation is 1. The number of amides is 1. The molecule has 0 radical (unpaired) electrons. The molecule has 29 heavy (non-hydrogen) atoms. The number of hydrazone groups is 1. The summed E-state index contributed by atoms with van der Waals surface area (Å²) in [6, 6.07) is 0. The van der Waals surface area contributed by atoms with Crippen molar-refractivity contribution in [1.82, 2.24) is 14.9 Å². The minimum Gasteiger partial charge on any atom is -0.478 e. The summed E-state index contributed by atoms with van der Waals surface area (Å²) in [7, 11) is 3.95. The fourth-order valence-corrected chi connectivity index (χ4v) is 3.38. The number of aliphatic carboxylic acids is 2. The topological polar surface area (TPSA) is 126 Å². The Labute approximate surface area is 168 Å². The third-order valence-electron chi connectivity index (χ3n) is 4.97. The number of aromatic amines is 1. The van der Waals surface area contributed by atoms with Crippen molar-refractivity contribution < 1.29 is 24.6 Å². The van der Waals surface area contributed by atoms with E-state index in [0.29, 0.717) is 22.4 Å². The van der Waals surface area contributed by atoms with Gasteiger partial charge >= 0.3 is 11.9 Å². The van der Waals surface area contributed by atoms with Gasteiger partial charge in [0, 0.05) is 23.9 Å². The molecule has 1 aromatic rings. The van der Waals surface area contributed by atoms with Crippen LogP contribution in [0.5, 0.6) is 0 Å². The lowest BCUT2D eigenvalue weighted by atomic mass is 10.0. The van der Waals surface area contributed by atoms with E-state index in [1.54, 1.807) is 6.08 Å². The molecule has 1 aromatic heterocycles. The highest BCUT2D eigenvalue weighted by Crippen LogP contribution is 2.38. The Balaban J connectivity index is 2.04. The molecule has 0 aromatic carbocycles. The molecule has 2 heterocycles. The summed E-state index contributed by atoms with van der Waals surface area (Å²) in [4.78, 5) is 40.8. The molecule has 1 fully saturated rings. The zero-order chi connectivity index (χ0) is 21.5. The first kappa shape index (κ1) is 20.5. The molecule has 3 rings (SSSR count). The minimum absolute atomic E-state index is 0.0766. The Kier molecular flexibility index (Phi) is 5.43. The highest BCUT2D eigenvalue weighted by molar-refractivity contribution is 6.29. The highest BCUT2D eigenvalue weighted by atomic mass is 16.4. The number of carboxylic acids is 2. The molecule has 1 aliphatic heterocycles. The van der Waals surface area contributed by atoms with Gasteiger partial charge in [0.1, 0.15) is 0 Å². The second kappa shape index (κ2) is 7.67. The van der Waals surface area contributed by atoms with E-state index in [4.69, 9.17) is 5.11 Å². The lowest BCUT2D eigenvalue weighted by molar-refractivity contribution is -0.139. The van der Waals surface area contributed by atoms with Crippen LogP contribution < -0.4 is 0 Å². The normalized spacial score (nSPS) is 18.7. The van der Waals surface area contributed by atoms with Crippen molar-refractivity contribution >= 4 is 29.6 Å². The number of hydrogen-bond acceptors (Lipinski definition) is 5. The van der Waals surface area contributed by atoms with E-state index < -0.39 is 23.5 Å². The van der Waals surface area contributed by atoms with Crippen molar-refractivity contribution in [1.29, 1.82) is 0 Å². The van der Waals surface area contributed by atoms with Crippen LogP contribution in [0.1, 0.15) is 35.4 Å². The number of aromatic nitrogens is 1. The van der Waals surface area contributed by atoms with Gasteiger partial charge in [-0.15, -0.1) is 0 Å². The summed E-state index contributed by atoms with van der Waals surface area (Å²) in [5.74, 6) is -3.55. The van der Waals surface area contributed by atoms with E-state index in [2.05, 4.69) is 15.0 Å². The van der Waals surface area contributed by atoms with E-state index in [1.165, 1.54) is 0 Å². The predicted molar refractivity (Wildman–Crippen MR) is 106 cm³/mol. The van der Waals surface area contributed by atoms with E-state index in [0.717, 1.165) is 41.9 Å². The molecule has 0 atom stereocenters. The van der Waals surface area contributed by atoms with E-state index in [-0.39, 0.29) is 5.92 Å². The summed E-state index contributed by atoms with van der Waals surface area (Å²) >= 11 is 0. The van der Waals surface area contributed by atoms with E-state index in [9.17, 15) is 19.5 Å². The molecule has 0 spiro atoms. The SMILES string of the molecule is Cc1[nH]c(C=C2C(=O)N(/C(=C/C(=O)O)C(=O)O)N=C2C2CC2)c(C)c1CN(C)C. The third-order valence-corrected chi connectivity index (χ3v) is 4.97. The first-order valence-corrected chi connectivity index (χ1v) is 9.25. The number of carbonyl (C=O) groups excluding carboxylic acids is 1. The summed E-state index contributed by atoms with van der Waals surface area (Å²) in [5, 5.41) is 23.2. The summed E-state index contributed by atoms with van der Waals surface area (Å²) in [5.41, 5.74) is 4.01. The van der Waals surface area contributed by atoms with Gasteiger partial charge in [-0.1, -0.05) is 0 Å². The largest absolute Gasteiger partial charge is 0.478 e. The average molecular weight is 400 g/mol. The molecule has 9 nitrogen and oxygen atoms in total. The van der Waals surface area contributed by atoms with Crippen LogP contribution in [0, 0.1) is 19.8 Å². The zero-order valence-electron chi connectivity index (χ0n) is 16.8. The number of nitrogens with one attached hydrogen (secondary N) is 1. The van der Waals surface area contributed by atoms with Gasteiger partial charge in [0.05, 0.1) is 17.4 Å². The van der Waals surface area contributed by atoms with Gasteiger partial charge in [-0.2, -0.15) is 10.1 Å². The van der Waals surface area contributed by atoms with Crippen molar-refractivity contribution in [2.45, 2.75) is 33.2 Å². The molecular formula is C20H24N4O5. The maximum atomic E-state index is 13.0. The predicted octanol–water partition coefficient (Wildman–Crippen LogP) is 1.74. The Hall–Kier alpha value is -3.20.